The topological polar surface area (TPSA) is 78.4 Å². The van der Waals surface area contributed by atoms with Crippen molar-refractivity contribution in [2.75, 3.05) is 22.9 Å². The summed E-state index contributed by atoms with van der Waals surface area (Å²) in [6, 6.07) is 0.130. The molecule has 0 aromatic carbocycles. The van der Waals surface area contributed by atoms with Crippen LogP contribution >= 0.6 is 11.3 Å². The quantitative estimate of drug-likeness (QED) is 0.871. The number of rotatable bonds is 4. The van der Waals surface area contributed by atoms with Crippen molar-refractivity contribution in [1.82, 2.24) is 15.5 Å². The van der Waals surface area contributed by atoms with Crippen molar-refractivity contribution in [2.45, 2.75) is 70.4 Å². The van der Waals surface area contributed by atoms with Crippen LogP contribution in [-0.2, 0) is 9.59 Å². The highest BCUT2D eigenvalue weighted by Gasteiger charge is 2.36. The molecule has 0 radical (unpaired) electrons. The number of hydrogen-bond acceptors (Lipinski definition) is 6. The monoisotopic (exact) mass is 377 g/mol. The fourth-order valence-electron chi connectivity index (χ4n) is 4.36. The van der Waals surface area contributed by atoms with Gasteiger partial charge in [-0.05, 0) is 38.0 Å². The molecule has 1 aromatic rings. The third-order valence-corrected chi connectivity index (χ3v) is 6.93. The molecule has 8 heteroatoms. The van der Waals surface area contributed by atoms with Gasteiger partial charge in [-0.1, -0.05) is 31.1 Å². The molecule has 3 fully saturated rings. The van der Waals surface area contributed by atoms with E-state index in [2.05, 4.69) is 27.3 Å². The number of carbonyl (C=O) groups is 2. The standard InChI is InChI=1S/C18H27N5O2S/c1-12-6-2-3-7-13(12)19-16(25)14-8-4-10-22(14)17-20-21-18(26-17)23-11-5-9-15(23)24/h12-14H,2-11H2,1H3,(H,19,25)/t12-,13-,14+/m1/s1. The van der Waals surface area contributed by atoms with Gasteiger partial charge in [-0.15, -0.1) is 10.2 Å². The van der Waals surface area contributed by atoms with Gasteiger partial charge in [0.2, 0.25) is 22.1 Å². The van der Waals surface area contributed by atoms with Crippen LogP contribution in [0.5, 0.6) is 0 Å². The van der Waals surface area contributed by atoms with E-state index in [9.17, 15) is 9.59 Å². The third-order valence-electron chi connectivity index (χ3n) is 5.95. The van der Waals surface area contributed by atoms with E-state index in [1.54, 1.807) is 4.90 Å². The number of amides is 2. The smallest absolute Gasteiger partial charge is 0.243 e. The third kappa shape index (κ3) is 3.43. The first-order valence-corrected chi connectivity index (χ1v) is 10.7. The van der Waals surface area contributed by atoms with Crippen molar-refractivity contribution in [3.63, 3.8) is 0 Å². The van der Waals surface area contributed by atoms with E-state index in [0.29, 0.717) is 23.5 Å². The second-order valence-electron chi connectivity index (χ2n) is 7.74. The first kappa shape index (κ1) is 17.7. The van der Waals surface area contributed by atoms with Crippen LogP contribution < -0.4 is 15.1 Å². The molecule has 0 bridgehead atoms. The highest BCUT2D eigenvalue weighted by molar-refractivity contribution is 7.19. The molecule has 142 valence electrons. The number of nitrogens with zero attached hydrogens (tertiary/aromatic N) is 4. The van der Waals surface area contributed by atoms with Gasteiger partial charge in [0.05, 0.1) is 0 Å². The van der Waals surface area contributed by atoms with Crippen LogP contribution in [0.2, 0.25) is 0 Å². The Bertz CT molecular complexity index is 678. The molecular weight excluding hydrogens is 350 g/mol. The van der Waals surface area contributed by atoms with E-state index in [1.165, 1.54) is 30.6 Å². The second kappa shape index (κ2) is 7.50. The number of aromatic nitrogens is 2. The molecule has 1 aromatic heterocycles. The van der Waals surface area contributed by atoms with E-state index in [0.717, 1.165) is 43.9 Å². The van der Waals surface area contributed by atoms with Gasteiger partial charge in [-0.2, -0.15) is 0 Å². The molecule has 2 saturated heterocycles. The van der Waals surface area contributed by atoms with Crippen molar-refractivity contribution in [3.05, 3.63) is 0 Å². The maximum atomic E-state index is 12.9. The van der Waals surface area contributed by atoms with Gasteiger partial charge in [0.1, 0.15) is 6.04 Å². The Morgan fingerprint density at radius 3 is 2.65 bits per heavy atom. The van der Waals surface area contributed by atoms with Gasteiger partial charge in [-0.25, -0.2) is 0 Å². The van der Waals surface area contributed by atoms with Gasteiger partial charge in [0, 0.05) is 25.6 Å². The Morgan fingerprint density at radius 1 is 1.08 bits per heavy atom. The minimum atomic E-state index is -0.167. The van der Waals surface area contributed by atoms with Crippen molar-refractivity contribution in [1.29, 1.82) is 0 Å². The lowest BCUT2D eigenvalue weighted by Gasteiger charge is -2.32. The fraction of sp³-hybridized carbons (Fsp3) is 0.778. The summed E-state index contributed by atoms with van der Waals surface area (Å²) in [5, 5.41) is 13.2. The van der Waals surface area contributed by atoms with Gasteiger partial charge in [0.15, 0.2) is 0 Å². The van der Waals surface area contributed by atoms with Gasteiger partial charge in [0.25, 0.3) is 0 Å². The molecule has 1 N–H and O–H groups in total. The molecule has 7 nitrogen and oxygen atoms in total. The summed E-state index contributed by atoms with van der Waals surface area (Å²) in [6.45, 7) is 3.78. The summed E-state index contributed by atoms with van der Waals surface area (Å²) in [4.78, 5) is 28.6. The first-order chi connectivity index (χ1) is 12.6. The van der Waals surface area contributed by atoms with Gasteiger partial charge in [-0.3, -0.25) is 14.5 Å². The van der Waals surface area contributed by atoms with Crippen LogP contribution in [0.15, 0.2) is 0 Å². The summed E-state index contributed by atoms with van der Waals surface area (Å²) in [5.41, 5.74) is 0. The zero-order valence-corrected chi connectivity index (χ0v) is 16.1. The predicted molar refractivity (Wildman–Crippen MR) is 101 cm³/mol. The maximum Gasteiger partial charge on any atom is 0.243 e. The lowest BCUT2D eigenvalue weighted by molar-refractivity contribution is -0.123. The normalized spacial score (nSPS) is 29.4. The highest BCUT2D eigenvalue weighted by Crippen LogP contribution is 2.34. The van der Waals surface area contributed by atoms with Crippen molar-refractivity contribution < 1.29 is 9.59 Å². The first-order valence-electron chi connectivity index (χ1n) is 9.84. The average Bonchev–Trinajstić information content (AvgIpc) is 3.35. The zero-order valence-electron chi connectivity index (χ0n) is 15.3. The molecule has 4 rings (SSSR count). The molecule has 0 unspecified atom stereocenters. The second-order valence-corrected chi connectivity index (χ2v) is 8.68. The Labute approximate surface area is 158 Å². The van der Waals surface area contributed by atoms with Crippen LogP contribution in [0.3, 0.4) is 0 Å². The molecule has 3 aliphatic rings. The Hall–Kier alpha value is -1.70. The molecule has 1 aliphatic carbocycles. The molecular formula is C18H27N5O2S. The van der Waals surface area contributed by atoms with Gasteiger partial charge >= 0.3 is 0 Å². The maximum absolute atomic E-state index is 12.9. The van der Waals surface area contributed by atoms with Crippen LogP contribution in [0, 0.1) is 5.92 Å². The minimum Gasteiger partial charge on any atom is -0.351 e. The number of anilines is 2. The van der Waals surface area contributed by atoms with E-state index in [1.807, 2.05) is 0 Å². The molecule has 26 heavy (non-hydrogen) atoms. The minimum absolute atomic E-state index is 0.120. The molecule has 3 atom stereocenters. The Kier molecular flexibility index (Phi) is 5.11. The summed E-state index contributed by atoms with van der Waals surface area (Å²) in [5.74, 6) is 0.793. The molecule has 3 heterocycles. The lowest BCUT2D eigenvalue weighted by atomic mass is 9.86. The van der Waals surface area contributed by atoms with Crippen molar-refractivity contribution in [2.24, 2.45) is 5.92 Å². The molecule has 1 saturated carbocycles. The van der Waals surface area contributed by atoms with Crippen LogP contribution in [0.25, 0.3) is 0 Å². The van der Waals surface area contributed by atoms with E-state index in [-0.39, 0.29) is 17.9 Å². The van der Waals surface area contributed by atoms with E-state index < -0.39 is 0 Å². The van der Waals surface area contributed by atoms with E-state index >= 15 is 0 Å². The average molecular weight is 378 g/mol. The van der Waals surface area contributed by atoms with Crippen molar-refractivity contribution >= 4 is 33.4 Å². The summed E-state index contributed by atoms with van der Waals surface area (Å²) in [7, 11) is 0. The summed E-state index contributed by atoms with van der Waals surface area (Å²) in [6.07, 6.45) is 8.05. The summed E-state index contributed by atoms with van der Waals surface area (Å²) >= 11 is 1.43. The van der Waals surface area contributed by atoms with Crippen molar-refractivity contribution in [3.8, 4) is 0 Å². The molecule has 2 amide bonds. The van der Waals surface area contributed by atoms with Gasteiger partial charge < -0.3 is 10.2 Å². The highest BCUT2D eigenvalue weighted by atomic mass is 32.1. The van der Waals surface area contributed by atoms with Crippen LogP contribution in [-0.4, -0.2) is 47.2 Å². The number of hydrogen-bond donors (Lipinski definition) is 1. The molecule has 0 spiro atoms. The summed E-state index contributed by atoms with van der Waals surface area (Å²) < 4.78 is 0. The lowest BCUT2D eigenvalue weighted by Crippen LogP contribution is -2.49. The fourth-order valence-corrected chi connectivity index (χ4v) is 5.33. The Morgan fingerprint density at radius 2 is 1.88 bits per heavy atom. The van der Waals surface area contributed by atoms with Crippen LogP contribution in [0.1, 0.15) is 58.3 Å². The number of carbonyl (C=O) groups excluding carboxylic acids is 2. The Balaban J connectivity index is 1.44. The van der Waals surface area contributed by atoms with Crippen LogP contribution in [0.4, 0.5) is 10.3 Å². The van der Waals surface area contributed by atoms with E-state index in [4.69, 9.17) is 0 Å². The SMILES string of the molecule is C[C@@H]1CCCC[C@H]1NC(=O)[C@@H]1CCCN1c1nnc(N2CCCC2=O)s1. The predicted octanol–water partition coefficient (Wildman–Crippen LogP) is 2.33. The zero-order chi connectivity index (χ0) is 18.1. The molecule has 2 aliphatic heterocycles. The largest absolute Gasteiger partial charge is 0.351 e. The number of nitrogens with one attached hydrogen (secondary N) is 1.